The Morgan fingerprint density at radius 3 is 2.43 bits per heavy atom. The van der Waals surface area contributed by atoms with E-state index in [0.717, 1.165) is 12.5 Å². The molecular formula is C13H12BrF3N4. The lowest BCUT2D eigenvalue weighted by Gasteiger charge is -2.12. The average molecular weight is 361 g/mol. The van der Waals surface area contributed by atoms with Gasteiger partial charge in [-0.15, -0.1) is 0 Å². The molecule has 0 radical (unpaired) electrons. The second-order valence-corrected chi connectivity index (χ2v) is 4.98. The minimum Gasteiger partial charge on any atom is -0.369 e. The van der Waals surface area contributed by atoms with Crippen LogP contribution in [-0.4, -0.2) is 16.5 Å². The van der Waals surface area contributed by atoms with Crippen LogP contribution in [0.5, 0.6) is 0 Å². The molecule has 0 spiro atoms. The van der Waals surface area contributed by atoms with Crippen molar-refractivity contribution in [2.75, 3.05) is 17.2 Å². The lowest BCUT2D eigenvalue weighted by Crippen LogP contribution is -2.06. The van der Waals surface area contributed by atoms with Crippen molar-refractivity contribution in [2.24, 2.45) is 0 Å². The third kappa shape index (κ3) is 3.63. The van der Waals surface area contributed by atoms with E-state index in [1.807, 2.05) is 6.92 Å². The van der Waals surface area contributed by atoms with Crippen molar-refractivity contribution < 1.29 is 13.2 Å². The molecule has 0 aliphatic carbocycles. The fourth-order valence-electron chi connectivity index (χ4n) is 1.57. The predicted octanol–water partition coefficient (Wildman–Crippen LogP) is 4.22. The van der Waals surface area contributed by atoms with Crippen LogP contribution in [0.2, 0.25) is 0 Å². The van der Waals surface area contributed by atoms with Crippen molar-refractivity contribution >= 4 is 33.3 Å². The summed E-state index contributed by atoms with van der Waals surface area (Å²) in [5.41, 5.74) is -0.213. The van der Waals surface area contributed by atoms with E-state index in [2.05, 4.69) is 36.5 Å². The highest BCUT2D eigenvalue weighted by Crippen LogP contribution is 2.30. The van der Waals surface area contributed by atoms with E-state index in [1.54, 1.807) is 0 Å². The van der Waals surface area contributed by atoms with Crippen molar-refractivity contribution in [1.29, 1.82) is 0 Å². The number of hydrogen-bond acceptors (Lipinski definition) is 4. The zero-order valence-corrected chi connectivity index (χ0v) is 12.6. The molecule has 2 aromatic rings. The Morgan fingerprint density at radius 1 is 1.05 bits per heavy atom. The zero-order chi connectivity index (χ0) is 15.4. The van der Waals surface area contributed by atoms with Crippen LogP contribution in [0.1, 0.15) is 13.3 Å². The Balaban J connectivity index is 2.29. The molecule has 0 saturated heterocycles. The molecular weight excluding hydrogens is 349 g/mol. The molecule has 0 saturated carbocycles. The van der Waals surface area contributed by atoms with Gasteiger partial charge in [0, 0.05) is 18.7 Å². The number of halogens is 4. The van der Waals surface area contributed by atoms with Crippen LogP contribution in [0, 0.1) is 17.5 Å². The largest absolute Gasteiger partial charge is 0.369 e. The summed E-state index contributed by atoms with van der Waals surface area (Å²) in [6, 6.07) is 1.21. The van der Waals surface area contributed by atoms with E-state index in [0.29, 0.717) is 22.9 Å². The quantitative estimate of drug-likeness (QED) is 0.783. The number of benzene rings is 1. The van der Waals surface area contributed by atoms with Crippen LogP contribution in [0.3, 0.4) is 0 Å². The molecule has 1 aromatic heterocycles. The number of anilines is 3. The van der Waals surface area contributed by atoms with Gasteiger partial charge in [-0.05, 0) is 22.4 Å². The van der Waals surface area contributed by atoms with Gasteiger partial charge in [-0.1, -0.05) is 6.92 Å². The maximum Gasteiger partial charge on any atom is 0.161 e. The van der Waals surface area contributed by atoms with Crippen LogP contribution in [-0.2, 0) is 0 Å². The van der Waals surface area contributed by atoms with Crippen LogP contribution < -0.4 is 10.6 Å². The second-order valence-electron chi connectivity index (χ2n) is 4.18. The van der Waals surface area contributed by atoms with Gasteiger partial charge in [0.2, 0.25) is 0 Å². The first-order valence-corrected chi connectivity index (χ1v) is 6.98. The fraction of sp³-hybridized carbons (Fsp3) is 0.231. The SMILES string of the molecule is CCCNc1ncnc(Nc2cc(F)c(F)cc2F)c1Br. The molecule has 0 amide bonds. The van der Waals surface area contributed by atoms with E-state index in [4.69, 9.17) is 0 Å². The van der Waals surface area contributed by atoms with Gasteiger partial charge in [0.05, 0.1) is 5.69 Å². The molecule has 0 bridgehead atoms. The Bertz CT molecular complexity index is 652. The van der Waals surface area contributed by atoms with Gasteiger partial charge >= 0.3 is 0 Å². The first-order chi connectivity index (χ1) is 10.0. The number of hydrogen-bond donors (Lipinski definition) is 2. The first-order valence-electron chi connectivity index (χ1n) is 6.18. The summed E-state index contributed by atoms with van der Waals surface area (Å²) in [4.78, 5) is 7.98. The fourth-order valence-corrected chi connectivity index (χ4v) is 2.01. The summed E-state index contributed by atoms with van der Waals surface area (Å²) in [5.74, 6) is -2.54. The Kier molecular flexibility index (Phi) is 5.00. The number of aromatic nitrogens is 2. The lowest BCUT2D eigenvalue weighted by atomic mass is 10.3. The summed E-state index contributed by atoms with van der Waals surface area (Å²) in [6.45, 7) is 2.70. The molecule has 0 atom stereocenters. The molecule has 4 nitrogen and oxygen atoms in total. The van der Waals surface area contributed by atoms with E-state index in [-0.39, 0.29) is 11.5 Å². The van der Waals surface area contributed by atoms with Crippen molar-refractivity contribution in [3.05, 3.63) is 40.4 Å². The Labute approximate surface area is 127 Å². The molecule has 2 rings (SSSR count). The van der Waals surface area contributed by atoms with Gasteiger partial charge in [0.1, 0.15) is 28.3 Å². The summed E-state index contributed by atoms with van der Waals surface area (Å²) in [5, 5.41) is 5.66. The normalized spacial score (nSPS) is 10.5. The summed E-state index contributed by atoms with van der Waals surface area (Å²) >= 11 is 3.29. The Hall–Kier alpha value is -1.83. The van der Waals surface area contributed by atoms with Gasteiger partial charge < -0.3 is 10.6 Å². The monoisotopic (exact) mass is 360 g/mol. The molecule has 0 aliphatic rings. The molecule has 8 heteroatoms. The second kappa shape index (κ2) is 6.75. The maximum absolute atomic E-state index is 13.6. The highest BCUT2D eigenvalue weighted by molar-refractivity contribution is 9.10. The molecule has 0 aliphatic heterocycles. The van der Waals surface area contributed by atoms with Gasteiger partial charge in [-0.25, -0.2) is 23.1 Å². The van der Waals surface area contributed by atoms with E-state index < -0.39 is 17.5 Å². The zero-order valence-electron chi connectivity index (χ0n) is 11.1. The number of nitrogens with zero attached hydrogens (tertiary/aromatic N) is 2. The molecule has 1 heterocycles. The molecule has 0 fully saturated rings. The van der Waals surface area contributed by atoms with Gasteiger partial charge in [0.25, 0.3) is 0 Å². The molecule has 2 N–H and O–H groups in total. The smallest absolute Gasteiger partial charge is 0.161 e. The average Bonchev–Trinajstić information content (AvgIpc) is 2.45. The lowest BCUT2D eigenvalue weighted by molar-refractivity contribution is 0.496. The van der Waals surface area contributed by atoms with Crippen LogP contribution >= 0.6 is 15.9 Å². The molecule has 1 aromatic carbocycles. The van der Waals surface area contributed by atoms with E-state index in [9.17, 15) is 13.2 Å². The van der Waals surface area contributed by atoms with Crippen molar-refractivity contribution in [2.45, 2.75) is 13.3 Å². The van der Waals surface area contributed by atoms with Gasteiger partial charge in [-0.3, -0.25) is 0 Å². The third-order valence-electron chi connectivity index (χ3n) is 2.59. The van der Waals surface area contributed by atoms with Gasteiger partial charge in [-0.2, -0.15) is 0 Å². The van der Waals surface area contributed by atoms with Crippen molar-refractivity contribution in [3.63, 3.8) is 0 Å². The highest BCUT2D eigenvalue weighted by Gasteiger charge is 2.13. The summed E-state index contributed by atoms with van der Waals surface area (Å²) in [7, 11) is 0. The Morgan fingerprint density at radius 2 is 1.71 bits per heavy atom. The molecule has 112 valence electrons. The first kappa shape index (κ1) is 15.6. The maximum atomic E-state index is 13.6. The standard InChI is InChI=1S/C13H12BrF3N4/c1-2-3-18-12-11(14)13(20-6-19-12)21-10-5-8(16)7(15)4-9(10)17/h4-6H,2-3H2,1H3,(H2,18,19,20,21). The van der Waals surface area contributed by atoms with E-state index in [1.165, 1.54) is 6.33 Å². The highest BCUT2D eigenvalue weighted by atomic mass is 79.9. The minimum atomic E-state index is -1.25. The van der Waals surface area contributed by atoms with Crippen molar-refractivity contribution in [1.82, 2.24) is 9.97 Å². The molecule has 21 heavy (non-hydrogen) atoms. The topological polar surface area (TPSA) is 49.8 Å². The van der Waals surface area contributed by atoms with Crippen LogP contribution in [0.25, 0.3) is 0 Å². The van der Waals surface area contributed by atoms with E-state index >= 15 is 0 Å². The summed E-state index contributed by atoms with van der Waals surface area (Å²) in [6.07, 6.45) is 2.18. The third-order valence-corrected chi connectivity index (χ3v) is 3.35. The van der Waals surface area contributed by atoms with Crippen LogP contribution in [0.15, 0.2) is 22.9 Å². The predicted molar refractivity (Wildman–Crippen MR) is 78.1 cm³/mol. The van der Waals surface area contributed by atoms with Gasteiger partial charge in [0.15, 0.2) is 11.6 Å². The molecule has 0 unspecified atom stereocenters. The van der Waals surface area contributed by atoms with Crippen LogP contribution in [0.4, 0.5) is 30.5 Å². The van der Waals surface area contributed by atoms with Crippen molar-refractivity contribution in [3.8, 4) is 0 Å². The summed E-state index contributed by atoms with van der Waals surface area (Å²) < 4.78 is 40.1. The minimum absolute atomic E-state index is 0.213. The number of nitrogens with one attached hydrogen (secondary N) is 2. The number of rotatable bonds is 5.